The standard InChI is InChI=1S/C10H8.Ru/c1-2-6-10-8-4-3-7-9(10)5-1;/h1-8H;. The third-order valence-electron chi connectivity index (χ3n) is 1.66. The predicted molar refractivity (Wildman–Crippen MR) is 43.9 cm³/mol. The molecule has 0 nitrogen and oxygen atoms in total. The van der Waals surface area contributed by atoms with Gasteiger partial charge in [-0.05, 0) is 10.8 Å². The molecule has 0 heterocycles. The van der Waals surface area contributed by atoms with Gasteiger partial charge in [0.15, 0.2) is 0 Å². The van der Waals surface area contributed by atoms with Gasteiger partial charge >= 0.3 is 0 Å². The van der Waals surface area contributed by atoms with Gasteiger partial charge in [-0.1, -0.05) is 48.5 Å². The fourth-order valence-corrected chi connectivity index (χ4v) is 1.13. The third kappa shape index (κ3) is 1.67. The van der Waals surface area contributed by atoms with Crippen LogP contribution in [0.4, 0.5) is 0 Å². The smallest absolute Gasteiger partial charge is 0 e. The summed E-state index contributed by atoms with van der Waals surface area (Å²) in [5.74, 6) is 0. The van der Waals surface area contributed by atoms with Crippen molar-refractivity contribution in [3.8, 4) is 0 Å². The molecule has 0 aliphatic heterocycles. The van der Waals surface area contributed by atoms with Crippen LogP contribution in [-0.4, -0.2) is 0 Å². The van der Waals surface area contributed by atoms with E-state index < -0.39 is 0 Å². The molecular weight excluding hydrogens is 221 g/mol. The van der Waals surface area contributed by atoms with Crippen LogP contribution in [0, 0.1) is 0 Å². The molecule has 0 fully saturated rings. The normalized spacial score (nSPS) is 9.09. The molecule has 0 aromatic heterocycles. The zero-order chi connectivity index (χ0) is 6.81. The first-order valence-corrected chi connectivity index (χ1v) is 3.40. The van der Waals surface area contributed by atoms with Gasteiger partial charge in [0.05, 0.1) is 0 Å². The van der Waals surface area contributed by atoms with E-state index in [1.165, 1.54) is 10.8 Å². The first kappa shape index (κ1) is 8.42. The SMILES string of the molecule is [Ru].c1ccc2ccccc2c1. The second-order valence-corrected chi connectivity index (χ2v) is 2.35. The Balaban J connectivity index is 0.000000605. The monoisotopic (exact) mass is 230 g/mol. The van der Waals surface area contributed by atoms with Crippen LogP contribution in [0.25, 0.3) is 10.8 Å². The van der Waals surface area contributed by atoms with Crippen LogP contribution >= 0.6 is 0 Å². The van der Waals surface area contributed by atoms with Gasteiger partial charge in [-0.25, -0.2) is 0 Å². The molecule has 0 atom stereocenters. The molecule has 0 aliphatic carbocycles. The van der Waals surface area contributed by atoms with E-state index >= 15 is 0 Å². The second kappa shape index (κ2) is 3.64. The fourth-order valence-electron chi connectivity index (χ4n) is 1.13. The van der Waals surface area contributed by atoms with Crippen molar-refractivity contribution >= 4 is 10.8 Å². The van der Waals surface area contributed by atoms with Crippen molar-refractivity contribution in [2.75, 3.05) is 0 Å². The Kier molecular flexibility index (Phi) is 2.79. The van der Waals surface area contributed by atoms with Crippen LogP contribution in [0.15, 0.2) is 48.5 Å². The summed E-state index contributed by atoms with van der Waals surface area (Å²) in [5, 5.41) is 2.62. The molecule has 0 spiro atoms. The quantitative estimate of drug-likeness (QED) is 0.609. The van der Waals surface area contributed by atoms with E-state index in [1.807, 2.05) is 0 Å². The summed E-state index contributed by atoms with van der Waals surface area (Å²) in [5.41, 5.74) is 0. The Bertz CT molecular complexity index is 276. The van der Waals surface area contributed by atoms with Crippen molar-refractivity contribution in [1.29, 1.82) is 0 Å². The van der Waals surface area contributed by atoms with E-state index in [2.05, 4.69) is 48.5 Å². The van der Waals surface area contributed by atoms with Gasteiger partial charge in [-0.2, -0.15) is 0 Å². The molecular formula is C10H8Ru. The zero-order valence-corrected chi connectivity index (χ0v) is 7.71. The molecule has 0 N–H and O–H groups in total. The number of fused-ring (bicyclic) bond motifs is 1. The molecule has 0 aliphatic rings. The van der Waals surface area contributed by atoms with Crippen LogP contribution < -0.4 is 0 Å². The van der Waals surface area contributed by atoms with Gasteiger partial charge in [-0.3, -0.25) is 0 Å². The molecule has 0 amide bonds. The molecule has 0 radical (unpaired) electrons. The van der Waals surface area contributed by atoms with Gasteiger partial charge in [0, 0.05) is 19.5 Å². The minimum Gasteiger partial charge on any atom is -0.0616 e. The molecule has 11 heavy (non-hydrogen) atoms. The fraction of sp³-hybridized carbons (Fsp3) is 0. The molecule has 2 aromatic rings. The average molecular weight is 229 g/mol. The average Bonchev–Trinajstić information content (AvgIpc) is 2.05. The molecule has 0 saturated carbocycles. The Labute approximate surface area is 79.0 Å². The molecule has 56 valence electrons. The summed E-state index contributed by atoms with van der Waals surface area (Å²) >= 11 is 0. The summed E-state index contributed by atoms with van der Waals surface area (Å²) in [6, 6.07) is 16.7. The summed E-state index contributed by atoms with van der Waals surface area (Å²) in [4.78, 5) is 0. The van der Waals surface area contributed by atoms with Crippen molar-refractivity contribution in [1.82, 2.24) is 0 Å². The van der Waals surface area contributed by atoms with E-state index in [4.69, 9.17) is 0 Å². The summed E-state index contributed by atoms with van der Waals surface area (Å²) in [6.07, 6.45) is 0. The largest absolute Gasteiger partial charge is 0.0616 e. The number of hydrogen-bond acceptors (Lipinski definition) is 0. The van der Waals surface area contributed by atoms with E-state index in [0.717, 1.165) is 0 Å². The summed E-state index contributed by atoms with van der Waals surface area (Å²) < 4.78 is 0. The van der Waals surface area contributed by atoms with E-state index in [-0.39, 0.29) is 19.5 Å². The van der Waals surface area contributed by atoms with Crippen molar-refractivity contribution in [3.05, 3.63) is 48.5 Å². The van der Waals surface area contributed by atoms with Crippen LogP contribution in [0.3, 0.4) is 0 Å². The van der Waals surface area contributed by atoms with E-state index in [1.54, 1.807) is 0 Å². The Hall–Kier alpha value is -0.677. The molecule has 2 rings (SSSR count). The number of rotatable bonds is 0. The van der Waals surface area contributed by atoms with Gasteiger partial charge in [0.1, 0.15) is 0 Å². The first-order chi connectivity index (χ1) is 4.97. The minimum absolute atomic E-state index is 0. The zero-order valence-electron chi connectivity index (χ0n) is 5.97. The maximum atomic E-state index is 2.12. The Morgan fingerprint density at radius 3 is 1.09 bits per heavy atom. The van der Waals surface area contributed by atoms with Crippen LogP contribution in [0.1, 0.15) is 0 Å². The van der Waals surface area contributed by atoms with Crippen molar-refractivity contribution in [3.63, 3.8) is 0 Å². The van der Waals surface area contributed by atoms with Gasteiger partial charge in [0.25, 0.3) is 0 Å². The second-order valence-electron chi connectivity index (χ2n) is 2.35. The van der Waals surface area contributed by atoms with Gasteiger partial charge < -0.3 is 0 Å². The van der Waals surface area contributed by atoms with Crippen LogP contribution in [0.2, 0.25) is 0 Å². The van der Waals surface area contributed by atoms with Crippen molar-refractivity contribution < 1.29 is 19.5 Å². The number of benzene rings is 2. The van der Waals surface area contributed by atoms with Crippen LogP contribution in [0.5, 0.6) is 0 Å². The molecule has 0 saturated heterocycles. The minimum atomic E-state index is 0. The van der Waals surface area contributed by atoms with Crippen molar-refractivity contribution in [2.24, 2.45) is 0 Å². The third-order valence-corrected chi connectivity index (χ3v) is 1.66. The van der Waals surface area contributed by atoms with Gasteiger partial charge in [0.2, 0.25) is 0 Å². The molecule has 0 bridgehead atoms. The molecule has 1 heteroatoms. The predicted octanol–water partition coefficient (Wildman–Crippen LogP) is 2.84. The molecule has 2 aromatic carbocycles. The maximum Gasteiger partial charge on any atom is 0 e. The first-order valence-electron chi connectivity index (χ1n) is 3.40. The Morgan fingerprint density at radius 1 is 0.545 bits per heavy atom. The van der Waals surface area contributed by atoms with Gasteiger partial charge in [-0.15, -0.1) is 0 Å². The Morgan fingerprint density at radius 2 is 0.818 bits per heavy atom. The molecule has 0 unspecified atom stereocenters. The summed E-state index contributed by atoms with van der Waals surface area (Å²) in [7, 11) is 0. The maximum absolute atomic E-state index is 2.12. The van der Waals surface area contributed by atoms with Crippen molar-refractivity contribution in [2.45, 2.75) is 0 Å². The van der Waals surface area contributed by atoms with E-state index in [0.29, 0.717) is 0 Å². The summed E-state index contributed by atoms with van der Waals surface area (Å²) in [6.45, 7) is 0. The van der Waals surface area contributed by atoms with Crippen LogP contribution in [-0.2, 0) is 19.5 Å². The topological polar surface area (TPSA) is 0 Å². The number of hydrogen-bond donors (Lipinski definition) is 0. The van der Waals surface area contributed by atoms with E-state index in [9.17, 15) is 0 Å².